The molecule has 0 aromatic heterocycles. The van der Waals surface area contributed by atoms with Gasteiger partial charge in [-0.05, 0) is 19.3 Å². The van der Waals surface area contributed by atoms with E-state index in [0.29, 0.717) is 6.04 Å². The predicted molar refractivity (Wildman–Crippen MR) is 51.2 cm³/mol. The van der Waals surface area contributed by atoms with Crippen LogP contribution >= 0.6 is 0 Å². The van der Waals surface area contributed by atoms with E-state index in [1.165, 1.54) is 32.5 Å². The molecule has 0 radical (unpaired) electrons. The molecular formula is C10H20N2. The van der Waals surface area contributed by atoms with Crippen LogP contribution in [0.1, 0.15) is 26.7 Å². The first-order valence-electron chi connectivity index (χ1n) is 5.27. The fraction of sp³-hybridized carbons (Fsp3) is 1.00. The van der Waals surface area contributed by atoms with Crippen molar-refractivity contribution in [1.82, 2.24) is 10.2 Å². The fourth-order valence-corrected chi connectivity index (χ4v) is 2.57. The van der Waals surface area contributed by atoms with Crippen molar-refractivity contribution in [1.29, 1.82) is 0 Å². The Morgan fingerprint density at radius 3 is 3.00 bits per heavy atom. The summed E-state index contributed by atoms with van der Waals surface area (Å²) >= 11 is 0. The first kappa shape index (κ1) is 8.52. The van der Waals surface area contributed by atoms with Crippen LogP contribution < -0.4 is 5.32 Å². The van der Waals surface area contributed by atoms with Crippen LogP contribution in [0.25, 0.3) is 0 Å². The highest BCUT2D eigenvalue weighted by Crippen LogP contribution is 2.26. The predicted octanol–water partition coefficient (Wildman–Crippen LogP) is 1.08. The summed E-state index contributed by atoms with van der Waals surface area (Å²) in [6.45, 7) is 8.45. The second-order valence-corrected chi connectivity index (χ2v) is 4.43. The maximum atomic E-state index is 3.56. The Morgan fingerprint density at radius 2 is 2.25 bits per heavy atom. The molecule has 0 aromatic rings. The number of hydrogen-bond acceptors (Lipinski definition) is 2. The van der Waals surface area contributed by atoms with E-state index in [1.807, 2.05) is 0 Å². The van der Waals surface area contributed by atoms with Gasteiger partial charge in [0.2, 0.25) is 0 Å². The molecular weight excluding hydrogens is 148 g/mol. The summed E-state index contributed by atoms with van der Waals surface area (Å²) in [6, 6.07) is 1.56. The Hall–Kier alpha value is -0.0800. The van der Waals surface area contributed by atoms with Crippen molar-refractivity contribution in [3.05, 3.63) is 0 Å². The molecule has 0 spiro atoms. The van der Waals surface area contributed by atoms with Crippen LogP contribution in [0.3, 0.4) is 0 Å². The third-order valence-electron chi connectivity index (χ3n) is 3.40. The van der Waals surface area contributed by atoms with E-state index < -0.39 is 0 Å². The Kier molecular flexibility index (Phi) is 2.37. The average molecular weight is 168 g/mol. The molecule has 2 fully saturated rings. The number of nitrogens with one attached hydrogen (secondary N) is 1. The van der Waals surface area contributed by atoms with E-state index in [0.717, 1.165) is 12.0 Å². The number of hydrogen-bond donors (Lipinski definition) is 1. The summed E-state index contributed by atoms with van der Waals surface area (Å²) in [5.41, 5.74) is 0. The van der Waals surface area contributed by atoms with Crippen molar-refractivity contribution in [3.8, 4) is 0 Å². The minimum atomic E-state index is 0.705. The topological polar surface area (TPSA) is 15.3 Å². The van der Waals surface area contributed by atoms with Gasteiger partial charge in [-0.1, -0.05) is 13.3 Å². The lowest BCUT2D eigenvalue weighted by Crippen LogP contribution is -2.52. The van der Waals surface area contributed by atoms with Crippen LogP contribution in [0, 0.1) is 5.92 Å². The second kappa shape index (κ2) is 3.35. The van der Waals surface area contributed by atoms with Gasteiger partial charge in [0.1, 0.15) is 0 Å². The van der Waals surface area contributed by atoms with Gasteiger partial charge in [0, 0.05) is 31.7 Å². The zero-order chi connectivity index (χ0) is 8.55. The molecule has 0 saturated carbocycles. The summed E-state index contributed by atoms with van der Waals surface area (Å²) in [7, 11) is 0. The van der Waals surface area contributed by atoms with Crippen molar-refractivity contribution in [3.63, 3.8) is 0 Å². The van der Waals surface area contributed by atoms with Crippen LogP contribution in [0.5, 0.6) is 0 Å². The first-order valence-corrected chi connectivity index (χ1v) is 5.27. The molecule has 1 unspecified atom stereocenters. The zero-order valence-corrected chi connectivity index (χ0v) is 8.21. The monoisotopic (exact) mass is 168 g/mol. The Balaban J connectivity index is 1.93. The van der Waals surface area contributed by atoms with E-state index in [1.54, 1.807) is 0 Å². The molecule has 2 rings (SSSR count). The summed E-state index contributed by atoms with van der Waals surface area (Å²) < 4.78 is 0. The maximum Gasteiger partial charge on any atom is 0.0224 e. The third kappa shape index (κ3) is 1.50. The summed E-state index contributed by atoms with van der Waals surface area (Å²) in [4.78, 5) is 2.68. The second-order valence-electron chi connectivity index (χ2n) is 4.43. The van der Waals surface area contributed by atoms with Crippen molar-refractivity contribution >= 4 is 0 Å². The smallest absolute Gasteiger partial charge is 0.0224 e. The van der Waals surface area contributed by atoms with Gasteiger partial charge in [-0.25, -0.2) is 0 Å². The van der Waals surface area contributed by atoms with E-state index >= 15 is 0 Å². The molecule has 2 nitrogen and oxygen atoms in total. The van der Waals surface area contributed by atoms with Crippen molar-refractivity contribution in [2.45, 2.75) is 38.8 Å². The lowest BCUT2D eigenvalue weighted by atomic mass is 10.0. The minimum absolute atomic E-state index is 0.705. The highest BCUT2D eigenvalue weighted by molar-refractivity contribution is 4.91. The quantitative estimate of drug-likeness (QED) is 0.630. The Bertz CT molecular complexity index is 158. The molecule has 0 amide bonds. The van der Waals surface area contributed by atoms with Gasteiger partial charge in [0.25, 0.3) is 0 Å². The van der Waals surface area contributed by atoms with Crippen LogP contribution in [0.15, 0.2) is 0 Å². The molecule has 3 atom stereocenters. The van der Waals surface area contributed by atoms with Crippen LogP contribution in [0.4, 0.5) is 0 Å². The molecule has 12 heavy (non-hydrogen) atoms. The van der Waals surface area contributed by atoms with Crippen LogP contribution in [0.2, 0.25) is 0 Å². The molecule has 2 heterocycles. The lowest BCUT2D eigenvalue weighted by Gasteiger charge is -2.34. The van der Waals surface area contributed by atoms with Gasteiger partial charge in [-0.3, -0.25) is 4.90 Å². The molecule has 0 aliphatic carbocycles. The number of piperazine rings is 1. The fourth-order valence-electron chi connectivity index (χ4n) is 2.57. The molecule has 0 bridgehead atoms. The summed E-state index contributed by atoms with van der Waals surface area (Å²) in [5, 5.41) is 3.56. The van der Waals surface area contributed by atoms with Crippen molar-refractivity contribution in [2.75, 3.05) is 19.6 Å². The normalized spacial score (nSPS) is 43.0. The van der Waals surface area contributed by atoms with E-state index in [9.17, 15) is 0 Å². The summed E-state index contributed by atoms with van der Waals surface area (Å²) in [5.74, 6) is 0.974. The average Bonchev–Trinajstić information content (AvgIpc) is 2.46. The summed E-state index contributed by atoms with van der Waals surface area (Å²) in [6.07, 6.45) is 2.79. The number of fused-ring (bicyclic) bond motifs is 1. The SMILES string of the molecule is CCC1C[C@H]2CN[C@@H](C)CN2C1. The first-order chi connectivity index (χ1) is 5.79. The Morgan fingerprint density at radius 1 is 1.42 bits per heavy atom. The highest BCUT2D eigenvalue weighted by Gasteiger charge is 2.34. The van der Waals surface area contributed by atoms with Crippen molar-refractivity contribution in [2.24, 2.45) is 5.92 Å². The Labute approximate surface area is 75.3 Å². The molecule has 2 saturated heterocycles. The van der Waals surface area contributed by atoms with Gasteiger partial charge in [0.15, 0.2) is 0 Å². The van der Waals surface area contributed by atoms with Gasteiger partial charge in [-0.15, -0.1) is 0 Å². The van der Waals surface area contributed by atoms with Crippen molar-refractivity contribution < 1.29 is 0 Å². The van der Waals surface area contributed by atoms with E-state index in [2.05, 4.69) is 24.1 Å². The van der Waals surface area contributed by atoms with Gasteiger partial charge in [0.05, 0.1) is 0 Å². The number of rotatable bonds is 1. The standard InChI is InChI=1S/C10H20N2/c1-3-9-4-10-5-11-8(2)6-12(10)7-9/h8-11H,3-7H2,1-2H3/t8-,9?,10-/m0/s1. The molecule has 1 N–H and O–H groups in total. The van der Waals surface area contributed by atoms with E-state index in [4.69, 9.17) is 0 Å². The third-order valence-corrected chi connectivity index (χ3v) is 3.40. The minimum Gasteiger partial charge on any atom is -0.311 e. The zero-order valence-electron chi connectivity index (χ0n) is 8.21. The van der Waals surface area contributed by atoms with E-state index in [-0.39, 0.29) is 0 Å². The van der Waals surface area contributed by atoms with Crippen LogP contribution in [-0.4, -0.2) is 36.6 Å². The van der Waals surface area contributed by atoms with Crippen LogP contribution in [-0.2, 0) is 0 Å². The molecule has 70 valence electrons. The largest absolute Gasteiger partial charge is 0.311 e. The van der Waals surface area contributed by atoms with Gasteiger partial charge < -0.3 is 5.32 Å². The molecule has 0 aromatic carbocycles. The van der Waals surface area contributed by atoms with Gasteiger partial charge in [-0.2, -0.15) is 0 Å². The number of nitrogens with zero attached hydrogens (tertiary/aromatic N) is 1. The highest BCUT2D eigenvalue weighted by atomic mass is 15.2. The molecule has 2 heteroatoms. The molecule has 2 aliphatic heterocycles. The lowest BCUT2D eigenvalue weighted by molar-refractivity contribution is 0.178. The van der Waals surface area contributed by atoms with Gasteiger partial charge >= 0.3 is 0 Å². The maximum absolute atomic E-state index is 3.56. The molecule has 2 aliphatic rings.